The van der Waals surface area contributed by atoms with Gasteiger partial charge in [-0.25, -0.2) is 0 Å². The Morgan fingerprint density at radius 1 is 1.25 bits per heavy atom. The molecule has 1 unspecified atom stereocenters. The van der Waals surface area contributed by atoms with Crippen LogP contribution in [0.2, 0.25) is 0 Å². The quantitative estimate of drug-likeness (QED) is 0.897. The Hall–Kier alpha value is -0.510. The molecule has 20 heavy (non-hydrogen) atoms. The number of hydrogen-bond donors (Lipinski definition) is 1. The van der Waals surface area contributed by atoms with Crippen molar-refractivity contribution in [2.24, 2.45) is 5.92 Å². The Labute approximate surface area is 127 Å². The maximum atomic E-state index is 3.50. The fraction of sp³-hybridized carbons (Fsp3) is 0.647. The van der Waals surface area contributed by atoms with Crippen molar-refractivity contribution in [2.75, 3.05) is 32.7 Å². The standard InChI is InChI=1S/C17H26N2S/c1-2-18-12-14-7-9-19(10-8-14)13-16-11-15-5-3-4-6-17(15)20-16/h3-6,14,16,18H,2,7-13H2,1H3. The van der Waals surface area contributed by atoms with Crippen molar-refractivity contribution in [3.63, 3.8) is 0 Å². The molecule has 0 aliphatic carbocycles. The molecular weight excluding hydrogens is 264 g/mol. The molecular formula is C17H26N2S. The monoisotopic (exact) mass is 290 g/mol. The van der Waals surface area contributed by atoms with Crippen LogP contribution in [0.15, 0.2) is 29.2 Å². The number of likely N-dealkylation sites (tertiary alicyclic amines) is 1. The van der Waals surface area contributed by atoms with Gasteiger partial charge in [-0.1, -0.05) is 25.1 Å². The van der Waals surface area contributed by atoms with E-state index in [1.807, 2.05) is 0 Å². The Morgan fingerprint density at radius 2 is 2.05 bits per heavy atom. The van der Waals surface area contributed by atoms with Crippen LogP contribution in [0.1, 0.15) is 25.3 Å². The smallest absolute Gasteiger partial charge is 0.0263 e. The molecule has 1 N–H and O–H groups in total. The molecule has 0 radical (unpaired) electrons. The van der Waals surface area contributed by atoms with E-state index in [2.05, 4.69) is 53.2 Å². The molecule has 3 heteroatoms. The van der Waals surface area contributed by atoms with Gasteiger partial charge in [0.15, 0.2) is 0 Å². The topological polar surface area (TPSA) is 15.3 Å². The van der Waals surface area contributed by atoms with Crippen molar-refractivity contribution in [3.8, 4) is 0 Å². The van der Waals surface area contributed by atoms with Crippen LogP contribution in [0.4, 0.5) is 0 Å². The SMILES string of the molecule is CCNCC1CCN(CC2Cc3ccccc3S2)CC1. The molecule has 1 saturated heterocycles. The first-order valence-electron chi connectivity index (χ1n) is 8.02. The maximum Gasteiger partial charge on any atom is 0.0263 e. The molecule has 2 aliphatic heterocycles. The van der Waals surface area contributed by atoms with Crippen LogP contribution in [0, 0.1) is 5.92 Å². The second-order valence-electron chi connectivity index (χ2n) is 6.10. The van der Waals surface area contributed by atoms with Gasteiger partial charge in [-0.05, 0) is 63.0 Å². The minimum atomic E-state index is 0.776. The number of nitrogens with one attached hydrogen (secondary N) is 1. The van der Waals surface area contributed by atoms with Crippen LogP contribution in [0.3, 0.4) is 0 Å². The highest BCUT2D eigenvalue weighted by molar-refractivity contribution is 8.00. The third-order valence-corrected chi connectivity index (χ3v) is 5.87. The van der Waals surface area contributed by atoms with Gasteiger partial charge in [-0.2, -0.15) is 0 Å². The number of thioether (sulfide) groups is 1. The van der Waals surface area contributed by atoms with Gasteiger partial charge in [0.25, 0.3) is 0 Å². The van der Waals surface area contributed by atoms with E-state index in [-0.39, 0.29) is 0 Å². The molecule has 0 aromatic heterocycles. The van der Waals surface area contributed by atoms with Gasteiger partial charge < -0.3 is 10.2 Å². The lowest BCUT2D eigenvalue weighted by molar-refractivity contribution is 0.183. The molecule has 110 valence electrons. The molecule has 0 spiro atoms. The normalized spacial score (nSPS) is 23.9. The molecule has 1 fully saturated rings. The molecule has 1 aromatic carbocycles. The molecule has 1 aromatic rings. The van der Waals surface area contributed by atoms with Crippen molar-refractivity contribution >= 4 is 11.8 Å². The van der Waals surface area contributed by atoms with Crippen LogP contribution in [-0.2, 0) is 6.42 Å². The highest BCUT2D eigenvalue weighted by atomic mass is 32.2. The van der Waals surface area contributed by atoms with Crippen molar-refractivity contribution in [2.45, 2.75) is 36.3 Å². The highest BCUT2D eigenvalue weighted by Gasteiger charge is 2.26. The number of rotatable bonds is 5. The van der Waals surface area contributed by atoms with E-state index < -0.39 is 0 Å². The first kappa shape index (κ1) is 14.4. The first-order valence-corrected chi connectivity index (χ1v) is 8.90. The summed E-state index contributed by atoms with van der Waals surface area (Å²) in [6.07, 6.45) is 4.01. The Morgan fingerprint density at radius 3 is 2.80 bits per heavy atom. The summed E-state index contributed by atoms with van der Waals surface area (Å²) in [5, 5.41) is 4.27. The van der Waals surface area contributed by atoms with Crippen molar-refractivity contribution < 1.29 is 0 Å². The summed E-state index contributed by atoms with van der Waals surface area (Å²) >= 11 is 2.09. The van der Waals surface area contributed by atoms with E-state index >= 15 is 0 Å². The van der Waals surface area contributed by atoms with Gasteiger partial charge in [0.05, 0.1) is 0 Å². The predicted octanol–water partition coefficient (Wildman–Crippen LogP) is 3.02. The molecule has 2 heterocycles. The molecule has 2 aliphatic rings. The van der Waals surface area contributed by atoms with E-state index in [1.165, 1.54) is 50.3 Å². The van der Waals surface area contributed by atoms with Crippen LogP contribution in [-0.4, -0.2) is 42.9 Å². The highest BCUT2D eigenvalue weighted by Crippen LogP contribution is 2.37. The van der Waals surface area contributed by atoms with Crippen molar-refractivity contribution in [1.82, 2.24) is 10.2 Å². The van der Waals surface area contributed by atoms with Gasteiger partial charge in [0.2, 0.25) is 0 Å². The summed E-state index contributed by atoms with van der Waals surface area (Å²) in [6.45, 7) is 8.38. The third kappa shape index (κ3) is 3.57. The molecule has 0 bridgehead atoms. The Kier molecular flexibility index (Phi) is 5.03. The zero-order chi connectivity index (χ0) is 13.8. The largest absolute Gasteiger partial charge is 0.317 e. The van der Waals surface area contributed by atoms with Crippen LogP contribution < -0.4 is 5.32 Å². The lowest BCUT2D eigenvalue weighted by Gasteiger charge is -2.33. The fourth-order valence-electron chi connectivity index (χ4n) is 3.37. The summed E-state index contributed by atoms with van der Waals surface area (Å²) in [4.78, 5) is 4.20. The fourth-order valence-corrected chi connectivity index (χ4v) is 4.73. The molecule has 1 atom stereocenters. The van der Waals surface area contributed by atoms with Gasteiger partial charge in [0, 0.05) is 16.7 Å². The number of piperidine rings is 1. The molecule has 3 rings (SSSR count). The lowest BCUT2D eigenvalue weighted by Crippen LogP contribution is -2.40. The Bertz CT molecular complexity index is 402. The van der Waals surface area contributed by atoms with Crippen molar-refractivity contribution in [3.05, 3.63) is 29.8 Å². The average Bonchev–Trinajstić information content (AvgIpc) is 2.89. The minimum absolute atomic E-state index is 0.776. The lowest BCUT2D eigenvalue weighted by atomic mass is 9.96. The van der Waals surface area contributed by atoms with Gasteiger partial charge in [-0.15, -0.1) is 11.8 Å². The summed E-state index contributed by atoms with van der Waals surface area (Å²) in [7, 11) is 0. The van der Waals surface area contributed by atoms with Gasteiger partial charge >= 0.3 is 0 Å². The van der Waals surface area contributed by atoms with E-state index in [4.69, 9.17) is 0 Å². The predicted molar refractivity (Wildman–Crippen MR) is 87.5 cm³/mol. The van der Waals surface area contributed by atoms with Gasteiger partial charge in [-0.3, -0.25) is 0 Å². The minimum Gasteiger partial charge on any atom is -0.317 e. The number of fused-ring (bicyclic) bond motifs is 1. The second kappa shape index (κ2) is 6.97. The molecule has 2 nitrogen and oxygen atoms in total. The second-order valence-corrected chi connectivity index (χ2v) is 7.45. The van der Waals surface area contributed by atoms with Crippen molar-refractivity contribution in [1.29, 1.82) is 0 Å². The summed E-state index contributed by atoms with van der Waals surface area (Å²) in [5.41, 5.74) is 1.56. The van der Waals surface area contributed by atoms with Crippen LogP contribution >= 0.6 is 11.8 Å². The van der Waals surface area contributed by atoms with E-state index in [9.17, 15) is 0 Å². The summed E-state index contributed by atoms with van der Waals surface area (Å²) in [5.74, 6) is 0.902. The summed E-state index contributed by atoms with van der Waals surface area (Å²) < 4.78 is 0. The third-order valence-electron chi connectivity index (χ3n) is 4.57. The number of benzene rings is 1. The van der Waals surface area contributed by atoms with E-state index in [1.54, 1.807) is 5.56 Å². The molecule has 0 amide bonds. The first-order chi connectivity index (χ1) is 9.85. The zero-order valence-electron chi connectivity index (χ0n) is 12.5. The number of hydrogen-bond acceptors (Lipinski definition) is 3. The van der Waals surface area contributed by atoms with Crippen LogP contribution in [0.25, 0.3) is 0 Å². The van der Waals surface area contributed by atoms with Crippen LogP contribution in [0.5, 0.6) is 0 Å². The Balaban J connectivity index is 1.43. The van der Waals surface area contributed by atoms with Gasteiger partial charge in [0.1, 0.15) is 0 Å². The summed E-state index contributed by atoms with van der Waals surface area (Å²) in [6, 6.07) is 8.92. The number of nitrogens with zero attached hydrogens (tertiary/aromatic N) is 1. The van der Waals surface area contributed by atoms with E-state index in [0.29, 0.717) is 0 Å². The molecule has 0 saturated carbocycles. The zero-order valence-corrected chi connectivity index (χ0v) is 13.3. The van der Waals surface area contributed by atoms with E-state index in [0.717, 1.165) is 17.7 Å². The average molecular weight is 290 g/mol. The maximum absolute atomic E-state index is 3.50.